The number of carbonyl (C=O) groups excluding carboxylic acids is 1. The third-order valence-corrected chi connectivity index (χ3v) is 3.83. The fraction of sp³-hybridized carbons (Fsp3) is 0.857. The standard InChI is InChI=1S/C14H27N3O4/c1-5-14(4,11(18)19)15-12(20)17-8-6-16(7-9-17)10-13(2,3)21/h21H,5-10H2,1-4H3,(H,15,20)(H,18,19). The molecular weight excluding hydrogens is 274 g/mol. The Bertz CT molecular complexity index is 386. The molecule has 0 aromatic heterocycles. The van der Waals surface area contributed by atoms with E-state index in [4.69, 9.17) is 0 Å². The lowest BCUT2D eigenvalue weighted by atomic mass is 10.00. The smallest absolute Gasteiger partial charge is 0.329 e. The van der Waals surface area contributed by atoms with Gasteiger partial charge in [0.2, 0.25) is 0 Å². The Kier molecular flexibility index (Phi) is 5.58. The second kappa shape index (κ2) is 6.62. The largest absolute Gasteiger partial charge is 0.480 e. The van der Waals surface area contributed by atoms with Gasteiger partial charge in [-0.05, 0) is 27.2 Å². The number of piperazine rings is 1. The molecule has 1 aliphatic rings. The minimum Gasteiger partial charge on any atom is -0.480 e. The van der Waals surface area contributed by atoms with Crippen molar-refractivity contribution in [2.24, 2.45) is 0 Å². The Labute approximate surface area is 125 Å². The van der Waals surface area contributed by atoms with E-state index >= 15 is 0 Å². The van der Waals surface area contributed by atoms with Crippen molar-refractivity contribution in [3.8, 4) is 0 Å². The van der Waals surface area contributed by atoms with E-state index < -0.39 is 17.1 Å². The predicted molar refractivity (Wildman–Crippen MR) is 79.2 cm³/mol. The number of rotatable bonds is 5. The number of hydrogen-bond donors (Lipinski definition) is 3. The van der Waals surface area contributed by atoms with Gasteiger partial charge in [0.25, 0.3) is 0 Å². The number of urea groups is 1. The van der Waals surface area contributed by atoms with Gasteiger partial charge in [-0.25, -0.2) is 9.59 Å². The third kappa shape index (κ3) is 5.17. The Balaban J connectivity index is 2.51. The fourth-order valence-corrected chi connectivity index (χ4v) is 2.26. The molecule has 1 saturated heterocycles. The van der Waals surface area contributed by atoms with Crippen molar-refractivity contribution >= 4 is 12.0 Å². The van der Waals surface area contributed by atoms with Crippen LogP contribution in [-0.4, -0.2) is 75.9 Å². The number of carbonyl (C=O) groups is 2. The molecule has 0 radical (unpaired) electrons. The Morgan fingerprint density at radius 3 is 2.05 bits per heavy atom. The average molecular weight is 301 g/mol. The molecule has 1 unspecified atom stereocenters. The quantitative estimate of drug-likeness (QED) is 0.681. The summed E-state index contributed by atoms with van der Waals surface area (Å²) < 4.78 is 0. The summed E-state index contributed by atoms with van der Waals surface area (Å²) in [4.78, 5) is 27.1. The number of β-amino-alcohol motifs (C(OH)–C–C–N with tert-alkyl or cyclic N) is 1. The zero-order chi connectivity index (χ0) is 16.3. The molecule has 122 valence electrons. The van der Waals surface area contributed by atoms with Crippen molar-refractivity contribution in [1.29, 1.82) is 0 Å². The predicted octanol–water partition coefficient (Wildman–Crippen LogP) is 0.338. The zero-order valence-electron chi connectivity index (χ0n) is 13.3. The molecule has 0 aliphatic carbocycles. The van der Waals surface area contributed by atoms with E-state index in [1.165, 1.54) is 6.92 Å². The van der Waals surface area contributed by atoms with Crippen LogP contribution in [0.1, 0.15) is 34.1 Å². The van der Waals surface area contributed by atoms with Crippen molar-refractivity contribution in [2.45, 2.75) is 45.3 Å². The minimum atomic E-state index is -1.23. The number of aliphatic carboxylic acids is 1. The Hall–Kier alpha value is -1.34. The molecule has 1 rings (SSSR count). The van der Waals surface area contributed by atoms with Gasteiger partial charge >= 0.3 is 12.0 Å². The van der Waals surface area contributed by atoms with E-state index in [0.717, 1.165) is 0 Å². The van der Waals surface area contributed by atoms with Gasteiger partial charge in [0.15, 0.2) is 0 Å². The number of nitrogens with zero attached hydrogens (tertiary/aromatic N) is 2. The maximum Gasteiger partial charge on any atom is 0.329 e. The molecule has 7 heteroatoms. The fourth-order valence-electron chi connectivity index (χ4n) is 2.26. The number of amides is 2. The number of nitrogens with one attached hydrogen (secondary N) is 1. The second-order valence-corrected chi connectivity index (χ2v) is 6.50. The van der Waals surface area contributed by atoms with Gasteiger partial charge < -0.3 is 20.4 Å². The summed E-state index contributed by atoms with van der Waals surface area (Å²) in [6, 6.07) is -0.343. The van der Waals surface area contributed by atoms with Crippen LogP contribution in [0.5, 0.6) is 0 Å². The summed E-state index contributed by atoms with van der Waals surface area (Å²) in [5.41, 5.74) is -1.99. The van der Waals surface area contributed by atoms with Crippen molar-refractivity contribution in [3.05, 3.63) is 0 Å². The first-order valence-corrected chi connectivity index (χ1v) is 7.32. The van der Waals surface area contributed by atoms with E-state index in [9.17, 15) is 19.8 Å². The van der Waals surface area contributed by atoms with Gasteiger partial charge in [-0.3, -0.25) is 4.90 Å². The van der Waals surface area contributed by atoms with E-state index in [2.05, 4.69) is 10.2 Å². The number of carboxylic acids is 1. The van der Waals surface area contributed by atoms with E-state index in [1.54, 1.807) is 25.7 Å². The van der Waals surface area contributed by atoms with Crippen LogP contribution in [0.25, 0.3) is 0 Å². The van der Waals surface area contributed by atoms with Crippen molar-refractivity contribution in [2.75, 3.05) is 32.7 Å². The third-order valence-electron chi connectivity index (χ3n) is 3.83. The summed E-state index contributed by atoms with van der Waals surface area (Å²) in [6.07, 6.45) is 0.326. The van der Waals surface area contributed by atoms with Crippen molar-refractivity contribution in [3.63, 3.8) is 0 Å². The molecule has 7 nitrogen and oxygen atoms in total. The summed E-state index contributed by atoms with van der Waals surface area (Å²) in [7, 11) is 0. The first-order chi connectivity index (χ1) is 9.57. The maximum atomic E-state index is 12.2. The molecule has 0 aromatic rings. The molecule has 0 spiro atoms. The molecule has 0 bridgehead atoms. The average Bonchev–Trinajstić information content (AvgIpc) is 2.37. The van der Waals surface area contributed by atoms with Crippen LogP contribution in [0.2, 0.25) is 0 Å². The molecule has 2 amide bonds. The van der Waals surface area contributed by atoms with Gasteiger partial charge in [0.1, 0.15) is 5.54 Å². The first-order valence-electron chi connectivity index (χ1n) is 7.32. The lowest BCUT2D eigenvalue weighted by Gasteiger charge is -2.38. The SMILES string of the molecule is CCC(C)(NC(=O)N1CCN(CC(C)(C)O)CC1)C(=O)O. The molecular formula is C14H27N3O4. The molecule has 21 heavy (non-hydrogen) atoms. The lowest BCUT2D eigenvalue weighted by Crippen LogP contribution is -2.59. The minimum absolute atomic E-state index is 0.326. The number of aliphatic hydroxyl groups is 1. The summed E-state index contributed by atoms with van der Waals surface area (Å²) >= 11 is 0. The number of hydrogen-bond acceptors (Lipinski definition) is 4. The van der Waals surface area contributed by atoms with Crippen molar-refractivity contribution in [1.82, 2.24) is 15.1 Å². The molecule has 1 aliphatic heterocycles. The highest BCUT2D eigenvalue weighted by Crippen LogP contribution is 2.12. The molecule has 0 aromatic carbocycles. The van der Waals surface area contributed by atoms with Crippen molar-refractivity contribution < 1.29 is 19.8 Å². The maximum absolute atomic E-state index is 12.2. The highest BCUT2D eigenvalue weighted by atomic mass is 16.4. The Morgan fingerprint density at radius 2 is 1.67 bits per heavy atom. The molecule has 1 fully saturated rings. The lowest BCUT2D eigenvalue weighted by molar-refractivity contribution is -0.143. The molecule has 0 saturated carbocycles. The van der Waals surface area contributed by atoms with Gasteiger partial charge in [0.05, 0.1) is 5.60 Å². The zero-order valence-corrected chi connectivity index (χ0v) is 13.3. The van der Waals surface area contributed by atoms with Crippen LogP contribution in [0.15, 0.2) is 0 Å². The van der Waals surface area contributed by atoms with Crippen LogP contribution in [0, 0.1) is 0 Å². The second-order valence-electron chi connectivity index (χ2n) is 6.50. The highest BCUT2D eigenvalue weighted by Gasteiger charge is 2.35. The van der Waals surface area contributed by atoms with E-state index in [1.807, 2.05) is 0 Å². The van der Waals surface area contributed by atoms with Gasteiger partial charge in [-0.2, -0.15) is 0 Å². The topological polar surface area (TPSA) is 93.1 Å². The van der Waals surface area contributed by atoms with Crippen LogP contribution in [0.3, 0.4) is 0 Å². The van der Waals surface area contributed by atoms with E-state index in [-0.39, 0.29) is 6.03 Å². The molecule has 1 atom stereocenters. The van der Waals surface area contributed by atoms with Crippen LogP contribution >= 0.6 is 0 Å². The van der Waals surface area contributed by atoms with Crippen LogP contribution in [-0.2, 0) is 4.79 Å². The monoisotopic (exact) mass is 301 g/mol. The Morgan fingerprint density at radius 1 is 1.14 bits per heavy atom. The van der Waals surface area contributed by atoms with Gasteiger partial charge in [-0.15, -0.1) is 0 Å². The highest BCUT2D eigenvalue weighted by molar-refractivity contribution is 5.85. The van der Waals surface area contributed by atoms with Crippen LogP contribution in [0.4, 0.5) is 4.79 Å². The molecule has 3 N–H and O–H groups in total. The van der Waals surface area contributed by atoms with Gasteiger partial charge in [0, 0.05) is 32.7 Å². The summed E-state index contributed by atoms with van der Waals surface area (Å²) in [5.74, 6) is -1.03. The summed E-state index contributed by atoms with van der Waals surface area (Å²) in [6.45, 7) is 9.72. The van der Waals surface area contributed by atoms with Crippen LogP contribution < -0.4 is 5.32 Å². The van der Waals surface area contributed by atoms with E-state index in [0.29, 0.717) is 39.1 Å². The first kappa shape index (κ1) is 17.7. The molecule has 1 heterocycles. The number of carboxylic acid groups (broad SMARTS) is 1. The normalized spacial score (nSPS) is 20.0. The van der Waals surface area contributed by atoms with Gasteiger partial charge in [-0.1, -0.05) is 6.92 Å². The summed E-state index contributed by atoms with van der Waals surface area (Å²) in [5, 5.41) is 21.6.